The summed E-state index contributed by atoms with van der Waals surface area (Å²) in [6, 6.07) is 6.36. The van der Waals surface area contributed by atoms with Crippen molar-refractivity contribution in [3.8, 4) is 0 Å². The molecule has 0 saturated heterocycles. The molecule has 30 heavy (non-hydrogen) atoms. The van der Waals surface area contributed by atoms with Crippen molar-refractivity contribution in [2.24, 2.45) is 0 Å². The molecule has 3 rings (SSSR count). The van der Waals surface area contributed by atoms with Crippen molar-refractivity contribution in [2.45, 2.75) is 46.8 Å². The summed E-state index contributed by atoms with van der Waals surface area (Å²) in [6.07, 6.45) is 4.76. The van der Waals surface area contributed by atoms with Crippen molar-refractivity contribution in [1.82, 2.24) is 20.4 Å². The molecule has 0 radical (unpaired) electrons. The number of carbonyl (C=O) groups excluding carboxylic acids is 1. The lowest BCUT2D eigenvalue weighted by Crippen LogP contribution is -2.44. The number of likely N-dealkylation sites (N-methyl/N-ethyl adjacent to an activating group) is 1. The number of hydrogen-bond acceptors (Lipinski definition) is 5. The van der Waals surface area contributed by atoms with Crippen LogP contribution in [-0.4, -0.2) is 49.2 Å². The lowest BCUT2D eigenvalue weighted by atomic mass is 10.0. The van der Waals surface area contributed by atoms with Gasteiger partial charge in [-0.05, 0) is 56.9 Å². The molecule has 6 nitrogen and oxygen atoms in total. The number of ether oxygens (including phenoxy) is 1. The zero-order valence-electron chi connectivity index (χ0n) is 19.0. The molecule has 0 spiro atoms. The Morgan fingerprint density at radius 3 is 2.60 bits per heavy atom. The maximum absolute atomic E-state index is 13.1. The number of benzene rings is 1. The predicted octanol–water partition coefficient (Wildman–Crippen LogP) is 3.15. The molecule has 1 aromatic carbocycles. The number of hydrogen-bond donors (Lipinski definition) is 2. The van der Waals surface area contributed by atoms with Gasteiger partial charge < -0.3 is 25.2 Å². The lowest BCUT2D eigenvalue weighted by Gasteiger charge is -2.33. The average molecular weight is 411 g/mol. The van der Waals surface area contributed by atoms with Gasteiger partial charge in [0, 0.05) is 51.4 Å². The number of methoxy groups -OCH3 is 1. The van der Waals surface area contributed by atoms with Crippen LogP contribution in [0.5, 0.6) is 0 Å². The number of rotatable bonds is 8. The number of nitrogens with one attached hydrogen (secondary N) is 2. The molecule has 1 amide bonds. The van der Waals surface area contributed by atoms with Gasteiger partial charge >= 0.3 is 0 Å². The molecule has 2 aliphatic rings. The molecule has 0 fully saturated rings. The van der Waals surface area contributed by atoms with E-state index in [1.807, 2.05) is 19.3 Å². The quantitative estimate of drug-likeness (QED) is 0.645. The fourth-order valence-electron chi connectivity index (χ4n) is 3.95. The zero-order chi connectivity index (χ0) is 21.8. The van der Waals surface area contributed by atoms with E-state index in [0.29, 0.717) is 18.7 Å². The molecule has 1 aromatic rings. The number of nitrogens with zero attached hydrogens (tertiary/aromatic N) is 2. The molecular formula is C24H34N4O2. The van der Waals surface area contributed by atoms with Crippen molar-refractivity contribution in [3.05, 3.63) is 69.8 Å². The van der Waals surface area contributed by atoms with E-state index in [9.17, 15) is 4.79 Å². The monoisotopic (exact) mass is 410 g/mol. The van der Waals surface area contributed by atoms with Gasteiger partial charge in [-0.1, -0.05) is 18.2 Å². The molecule has 2 aliphatic heterocycles. The highest BCUT2D eigenvalue weighted by atomic mass is 16.5. The largest absolute Gasteiger partial charge is 0.385 e. The minimum Gasteiger partial charge on any atom is -0.385 e. The Balaban J connectivity index is 1.82. The maximum Gasteiger partial charge on any atom is 0.255 e. The van der Waals surface area contributed by atoms with E-state index in [0.717, 1.165) is 30.1 Å². The van der Waals surface area contributed by atoms with Gasteiger partial charge in [-0.2, -0.15) is 0 Å². The Morgan fingerprint density at radius 1 is 1.23 bits per heavy atom. The molecule has 1 atom stereocenters. The molecule has 0 saturated carbocycles. The smallest absolute Gasteiger partial charge is 0.255 e. The van der Waals surface area contributed by atoms with Crippen LogP contribution in [-0.2, 0) is 16.1 Å². The first-order valence-corrected chi connectivity index (χ1v) is 10.5. The van der Waals surface area contributed by atoms with E-state index in [-0.39, 0.29) is 12.1 Å². The van der Waals surface area contributed by atoms with Crippen LogP contribution in [0.3, 0.4) is 0 Å². The van der Waals surface area contributed by atoms with Crippen LogP contribution in [0.15, 0.2) is 53.1 Å². The summed E-state index contributed by atoms with van der Waals surface area (Å²) in [6.45, 7) is 10.5. The fourth-order valence-corrected chi connectivity index (χ4v) is 3.95. The number of allylic oxidation sites excluding steroid dienone is 2. The highest BCUT2D eigenvalue weighted by molar-refractivity contribution is 5.96. The minimum absolute atomic E-state index is 0.00956. The summed E-state index contributed by atoms with van der Waals surface area (Å²) in [5.41, 5.74) is 7.78. The minimum atomic E-state index is -0.00956. The molecule has 0 aliphatic carbocycles. The Morgan fingerprint density at radius 2 is 1.93 bits per heavy atom. The topological polar surface area (TPSA) is 56.8 Å². The Bertz CT molecular complexity index is 880. The molecule has 1 unspecified atom stereocenters. The average Bonchev–Trinajstić information content (AvgIpc) is 3.01. The van der Waals surface area contributed by atoms with Gasteiger partial charge in [0.05, 0.1) is 11.3 Å². The van der Waals surface area contributed by atoms with Crippen LogP contribution in [0.4, 0.5) is 0 Å². The van der Waals surface area contributed by atoms with E-state index < -0.39 is 0 Å². The third kappa shape index (κ3) is 4.54. The molecular weight excluding hydrogens is 376 g/mol. The third-order valence-corrected chi connectivity index (χ3v) is 5.99. The standard InChI is InChI=1S/C24H34N4O2/c1-16-9-7-10-17(2)21(16)14-25-22-13-20(24(29)27(5)11-8-12-30-6)15-28-19(4)18(3)26-23(22)28/h7,9-10,13,15,23,25-26H,8,11-12,14H2,1-6H3. The van der Waals surface area contributed by atoms with Crippen molar-refractivity contribution in [1.29, 1.82) is 0 Å². The van der Waals surface area contributed by atoms with Crippen molar-refractivity contribution in [3.63, 3.8) is 0 Å². The van der Waals surface area contributed by atoms with E-state index in [1.165, 1.54) is 16.7 Å². The van der Waals surface area contributed by atoms with Gasteiger partial charge in [-0.3, -0.25) is 4.79 Å². The number of fused-ring (bicyclic) bond motifs is 1. The van der Waals surface area contributed by atoms with Gasteiger partial charge in [0.15, 0.2) is 0 Å². The molecule has 2 heterocycles. The molecule has 2 N–H and O–H groups in total. The number of amides is 1. The summed E-state index contributed by atoms with van der Waals surface area (Å²) in [7, 11) is 3.53. The predicted molar refractivity (Wildman–Crippen MR) is 120 cm³/mol. The summed E-state index contributed by atoms with van der Waals surface area (Å²) in [4.78, 5) is 17.0. The van der Waals surface area contributed by atoms with Crippen molar-refractivity contribution < 1.29 is 9.53 Å². The Kier molecular flexibility index (Phi) is 6.87. The Hall–Kier alpha value is -2.73. The van der Waals surface area contributed by atoms with Crippen LogP contribution in [0.2, 0.25) is 0 Å². The lowest BCUT2D eigenvalue weighted by molar-refractivity contribution is -0.125. The van der Waals surface area contributed by atoms with E-state index in [4.69, 9.17) is 4.74 Å². The van der Waals surface area contributed by atoms with Gasteiger partial charge in [-0.25, -0.2) is 0 Å². The van der Waals surface area contributed by atoms with Crippen LogP contribution < -0.4 is 10.6 Å². The van der Waals surface area contributed by atoms with Crippen LogP contribution in [0.1, 0.15) is 37.0 Å². The second kappa shape index (κ2) is 9.39. The number of carbonyl (C=O) groups is 1. The molecule has 0 bridgehead atoms. The first-order valence-electron chi connectivity index (χ1n) is 10.5. The van der Waals surface area contributed by atoms with Crippen molar-refractivity contribution >= 4 is 5.91 Å². The van der Waals surface area contributed by atoms with Gasteiger partial charge in [0.2, 0.25) is 0 Å². The SMILES string of the molecule is COCCCN(C)C(=O)C1=CN2C(C)=C(C)NC2C(NCc2c(C)cccc2C)=C1. The summed E-state index contributed by atoms with van der Waals surface area (Å²) >= 11 is 0. The first-order chi connectivity index (χ1) is 14.3. The molecule has 6 heteroatoms. The maximum atomic E-state index is 13.1. The molecule has 0 aromatic heterocycles. The van der Waals surface area contributed by atoms with Crippen molar-refractivity contribution in [2.75, 3.05) is 27.3 Å². The van der Waals surface area contributed by atoms with E-state index in [2.05, 4.69) is 61.4 Å². The number of aryl methyl sites for hydroxylation is 2. The first kappa shape index (κ1) is 22.0. The van der Waals surface area contributed by atoms with Crippen LogP contribution >= 0.6 is 0 Å². The van der Waals surface area contributed by atoms with Gasteiger partial charge in [-0.15, -0.1) is 0 Å². The summed E-state index contributed by atoms with van der Waals surface area (Å²) in [5, 5.41) is 7.15. The van der Waals surface area contributed by atoms with Gasteiger partial charge in [0.1, 0.15) is 6.17 Å². The second-order valence-electron chi connectivity index (χ2n) is 8.15. The van der Waals surface area contributed by atoms with Crippen LogP contribution in [0.25, 0.3) is 0 Å². The van der Waals surface area contributed by atoms with E-state index in [1.54, 1.807) is 12.0 Å². The third-order valence-electron chi connectivity index (χ3n) is 5.99. The van der Waals surface area contributed by atoms with Crippen LogP contribution in [0, 0.1) is 13.8 Å². The second-order valence-corrected chi connectivity index (χ2v) is 8.15. The highest BCUT2D eigenvalue weighted by Gasteiger charge is 2.33. The van der Waals surface area contributed by atoms with Gasteiger partial charge in [0.25, 0.3) is 5.91 Å². The Labute approximate surface area is 180 Å². The summed E-state index contributed by atoms with van der Waals surface area (Å²) in [5.74, 6) is 0.0216. The highest BCUT2D eigenvalue weighted by Crippen LogP contribution is 2.29. The molecule has 162 valence electrons. The normalized spacial score (nSPS) is 17.9. The fraction of sp³-hybridized carbons (Fsp3) is 0.458. The summed E-state index contributed by atoms with van der Waals surface area (Å²) < 4.78 is 5.11. The van der Waals surface area contributed by atoms with E-state index >= 15 is 0 Å². The zero-order valence-corrected chi connectivity index (χ0v) is 19.0.